The molecule has 27 heavy (non-hydrogen) atoms. The molecule has 3 aromatic rings. The van der Waals surface area contributed by atoms with Gasteiger partial charge in [-0.25, -0.2) is 4.39 Å². The molecule has 3 heterocycles. The van der Waals surface area contributed by atoms with Crippen LogP contribution >= 0.6 is 11.6 Å². The molecule has 0 aliphatic carbocycles. The summed E-state index contributed by atoms with van der Waals surface area (Å²) in [7, 11) is 2.17. The molecule has 0 N–H and O–H groups in total. The summed E-state index contributed by atoms with van der Waals surface area (Å²) in [5.41, 5.74) is 6.49. The van der Waals surface area contributed by atoms with Gasteiger partial charge in [-0.15, -0.1) is 0 Å². The van der Waals surface area contributed by atoms with Gasteiger partial charge < -0.3 is 9.47 Å². The second-order valence-electron chi connectivity index (χ2n) is 7.24. The topological polar surface area (TPSA) is 21.1 Å². The molecule has 0 amide bonds. The van der Waals surface area contributed by atoms with Gasteiger partial charge in [-0.3, -0.25) is 4.98 Å². The predicted molar refractivity (Wildman–Crippen MR) is 111 cm³/mol. The molecule has 3 nitrogen and oxygen atoms in total. The zero-order valence-corrected chi connectivity index (χ0v) is 16.4. The molecule has 2 aromatic heterocycles. The number of allylic oxidation sites excluding steroid dienone is 1. The molecule has 0 fully saturated rings. The molecule has 1 aliphatic rings. The van der Waals surface area contributed by atoms with Crippen LogP contribution in [0.25, 0.3) is 22.7 Å². The smallest absolute Gasteiger partial charge is 0.131 e. The van der Waals surface area contributed by atoms with Gasteiger partial charge in [0, 0.05) is 48.0 Å². The van der Waals surface area contributed by atoms with Gasteiger partial charge >= 0.3 is 0 Å². The summed E-state index contributed by atoms with van der Waals surface area (Å²) in [6.07, 6.45) is 5.94. The average molecular weight is 384 g/mol. The largest absolute Gasteiger partial charge is 0.320 e. The average Bonchev–Trinajstić information content (AvgIpc) is 2.82. The molecule has 4 rings (SSSR count). The van der Waals surface area contributed by atoms with E-state index in [4.69, 9.17) is 11.6 Å². The van der Waals surface area contributed by atoms with Gasteiger partial charge in [0.1, 0.15) is 6.67 Å². The van der Waals surface area contributed by atoms with Crippen molar-refractivity contribution in [3.8, 4) is 0 Å². The SMILES string of the molecule is C/C(=C\n1c2c(c3cc(Cl)ccc31)CCN(C)CC2)c1ccc(CF)nc1. The van der Waals surface area contributed by atoms with E-state index in [9.17, 15) is 4.39 Å². The van der Waals surface area contributed by atoms with Crippen molar-refractivity contribution in [3.05, 3.63) is 64.1 Å². The molecule has 0 spiro atoms. The zero-order chi connectivity index (χ0) is 19.0. The van der Waals surface area contributed by atoms with Gasteiger partial charge in [0.2, 0.25) is 0 Å². The van der Waals surface area contributed by atoms with Crippen molar-refractivity contribution in [2.24, 2.45) is 0 Å². The number of benzene rings is 1. The van der Waals surface area contributed by atoms with Gasteiger partial charge in [-0.05, 0) is 61.4 Å². The van der Waals surface area contributed by atoms with E-state index in [0.717, 1.165) is 42.1 Å². The highest BCUT2D eigenvalue weighted by Crippen LogP contribution is 2.32. The number of likely N-dealkylation sites (N-methyl/N-ethyl adjacent to an activating group) is 1. The van der Waals surface area contributed by atoms with Gasteiger partial charge in [-0.2, -0.15) is 0 Å². The second kappa shape index (κ2) is 7.45. The van der Waals surface area contributed by atoms with Crippen molar-refractivity contribution in [2.75, 3.05) is 20.1 Å². The van der Waals surface area contributed by atoms with Crippen LogP contribution in [0.2, 0.25) is 5.02 Å². The highest BCUT2D eigenvalue weighted by atomic mass is 35.5. The molecule has 0 unspecified atom stereocenters. The van der Waals surface area contributed by atoms with Crippen molar-refractivity contribution in [1.29, 1.82) is 0 Å². The minimum atomic E-state index is -0.535. The van der Waals surface area contributed by atoms with Crippen LogP contribution < -0.4 is 0 Å². The summed E-state index contributed by atoms with van der Waals surface area (Å²) in [4.78, 5) is 6.56. The molecule has 1 aliphatic heterocycles. The van der Waals surface area contributed by atoms with E-state index in [-0.39, 0.29) is 0 Å². The summed E-state index contributed by atoms with van der Waals surface area (Å²) in [6.45, 7) is 3.63. The van der Waals surface area contributed by atoms with Gasteiger partial charge in [0.05, 0.1) is 11.2 Å². The molecule has 5 heteroatoms. The number of hydrogen-bond acceptors (Lipinski definition) is 2. The first-order valence-electron chi connectivity index (χ1n) is 9.26. The summed E-state index contributed by atoms with van der Waals surface area (Å²) in [5.74, 6) is 0. The fourth-order valence-corrected chi connectivity index (χ4v) is 3.99. The van der Waals surface area contributed by atoms with E-state index in [1.807, 2.05) is 12.1 Å². The zero-order valence-electron chi connectivity index (χ0n) is 15.7. The number of rotatable bonds is 3. The molecular formula is C22H23ClFN3. The third-order valence-corrected chi connectivity index (χ3v) is 5.63. The van der Waals surface area contributed by atoms with E-state index < -0.39 is 6.67 Å². The highest BCUT2D eigenvalue weighted by molar-refractivity contribution is 6.31. The van der Waals surface area contributed by atoms with Crippen LogP contribution in [0.4, 0.5) is 4.39 Å². The Morgan fingerprint density at radius 3 is 2.78 bits per heavy atom. The number of alkyl halides is 1. The lowest BCUT2D eigenvalue weighted by Crippen LogP contribution is -2.21. The molecule has 0 bridgehead atoms. The van der Waals surface area contributed by atoms with Crippen LogP contribution in [0, 0.1) is 0 Å². The number of hydrogen-bond donors (Lipinski definition) is 0. The van der Waals surface area contributed by atoms with Crippen LogP contribution in [0.1, 0.15) is 29.4 Å². The standard InChI is InChI=1S/C22H23ClFN3/c1-15(16-3-5-18(12-24)25-13-16)14-27-21-6-4-17(23)11-20(21)19-7-9-26(2)10-8-22(19)27/h3-6,11,13-14H,7-10,12H2,1-2H3/b15-14+. The first-order valence-corrected chi connectivity index (χ1v) is 9.64. The number of nitrogens with zero attached hydrogens (tertiary/aromatic N) is 3. The van der Waals surface area contributed by atoms with Crippen LogP contribution in [0.3, 0.4) is 0 Å². The van der Waals surface area contributed by atoms with Gasteiger partial charge in [0.25, 0.3) is 0 Å². The van der Waals surface area contributed by atoms with Crippen molar-refractivity contribution in [3.63, 3.8) is 0 Å². The fraction of sp³-hybridized carbons (Fsp3) is 0.318. The molecule has 140 valence electrons. The predicted octanol–water partition coefficient (Wildman–Crippen LogP) is 5.21. The molecule has 0 radical (unpaired) electrons. The summed E-state index contributed by atoms with van der Waals surface area (Å²) >= 11 is 6.30. The molecule has 0 saturated heterocycles. The molecular weight excluding hydrogens is 361 g/mol. The molecule has 0 saturated carbocycles. The third-order valence-electron chi connectivity index (χ3n) is 5.40. The van der Waals surface area contributed by atoms with E-state index in [1.54, 1.807) is 12.3 Å². The lowest BCUT2D eigenvalue weighted by Gasteiger charge is -2.13. The van der Waals surface area contributed by atoms with Gasteiger partial charge in [-0.1, -0.05) is 17.7 Å². The van der Waals surface area contributed by atoms with E-state index in [2.05, 4.69) is 46.8 Å². The third kappa shape index (κ3) is 3.52. The number of pyridine rings is 1. The Hall–Kier alpha value is -2.17. The molecule has 0 atom stereocenters. The first kappa shape index (κ1) is 18.2. The normalized spacial score (nSPS) is 15.8. The highest BCUT2D eigenvalue weighted by Gasteiger charge is 2.20. The quantitative estimate of drug-likeness (QED) is 0.619. The maximum Gasteiger partial charge on any atom is 0.131 e. The summed E-state index contributed by atoms with van der Waals surface area (Å²) in [6, 6.07) is 9.81. The Morgan fingerprint density at radius 1 is 1.22 bits per heavy atom. The second-order valence-corrected chi connectivity index (χ2v) is 7.68. The maximum atomic E-state index is 12.7. The monoisotopic (exact) mass is 383 g/mol. The lowest BCUT2D eigenvalue weighted by molar-refractivity contribution is 0.351. The Labute approximate surface area is 164 Å². The first-order chi connectivity index (χ1) is 13.1. The number of fused-ring (bicyclic) bond motifs is 3. The van der Waals surface area contributed by atoms with Crippen molar-refractivity contribution in [1.82, 2.24) is 14.5 Å². The summed E-state index contributed by atoms with van der Waals surface area (Å²) < 4.78 is 15.0. The van der Waals surface area contributed by atoms with Crippen molar-refractivity contribution < 1.29 is 4.39 Å². The summed E-state index contributed by atoms with van der Waals surface area (Å²) in [5, 5.41) is 2.01. The molecule has 1 aromatic carbocycles. The van der Waals surface area contributed by atoms with E-state index in [1.165, 1.54) is 22.2 Å². The van der Waals surface area contributed by atoms with Crippen molar-refractivity contribution >= 4 is 34.3 Å². The minimum Gasteiger partial charge on any atom is -0.320 e. The van der Waals surface area contributed by atoms with Crippen LogP contribution in [0.15, 0.2) is 36.5 Å². The minimum absolute atomic E-state index is 0.463. The number of halogens is 2. The Morgan fingerprint density at radius 2 is 2.04 bits per heavy atom. The Kier molecular flexibility index (Phi) is 5.02. The lowest BCUT2D eigenvalue weighted by atomic mass is 10.1. The van der Waals surface area contributed by atoms with Crippen LogP contribution in [-0.2, 0) is 19.5 Å². The maximum absolute atomic E-state index is 12.7. The Balaban J connectivity index is 1.85. The number of aromatic nitrogens is 2. The Bertz CT molecular complexity index is 1000. The van der Waals surface area contributed by atoms with E-state index >= 15 is 0 Å². The van der Waals surface area contributed by atoms with Crippen molar-refractivity contribution in [2.45, 2.75) is 26.4 Å². The van der Waals surface area contributed by atoms with Crippen LogP contribution in [-0.4, -0.2) is 34.6 Å². The van der Waals surface area contributed by atoms with Crippen LogP contribution in [0.5, 0.6) is 0 Å². The van der Waals surface area contributed by atoms with E-state index in [0.29, 0.717) is 5.69 Å². The fourth-order valence-electron chi connectivity index (χ4n) is 3.82. The van der Waals surface area contributed by atoms with Gasteiger partial charge in [0.15, 0.2) is 0 Å².